The first-order valence-electron chi connectivity index (χ1n) is 5.52. The molecule has 4 heteroatoms. The van der Waals surface area contributed by atoms with Crippen molar-refractivity contribution in [3.05, 3.63) is 23.8 Å². The third kappa shape index (κ3) is 2.33. The van der Waals surface area contributed by atoms with E-state index in [1.807, 2.05) is 6.20 Å². The quantitative estimate of drug-likeness (QED) is 0.770. The normalized spacial score (nSPS) is 22.9. The number of nitrogens with one attached hydrogen (secondary N) is 1. The van der Waals surface area contributed by atoms with Crippen LogP contribution in [0.2, 0.25) is 0 Å². The largest absolute Gasteiger partial charge is 0.306 e. The van der Waals surface area contributed by atoms with Crippen LogP contribution < -0.4 is 5.32 Å². The molecule has 1 saturated heterocycles. The molecule has 0 bridgehead atoms. The van der Waals surface area contributed by atoms with Crippen molar-refractivity contribution in [1.82, 2.24) is 20.2 Å². The standard InChI is InChI=1S/C11H18N4/c1-3-9-6-12-8-14-11(9)10-7-15(2)5-4-13-10/h6,8,10,13H,3-5,7H2,1-2H3. The smallest absolute Gasteiger partial charge is 0.115 e. The van der Waals surface area contributed by atoms with Gasteiger partial charge in [0.25, 0.3) is 0 Å². The number of hydrogen-bond acceptors (Lipinski definition) is 4. The van der Waals surface area contributed by atoms with E-state index in [1.165, 1.54) is 11.3 Å². The van der Waals surface area contributed by atoms with Gasteiger partial charge in [-0.05, 0) is 19.0 Å². The average molecular weight is 206 g/mol. The first-order chi connectivity index (χ1) is 7.31. The first kappa shape index (κ1) is 10.5. The van der Waals surface area contributed by atoms with Crippen LogP contribution in [0.4, 0.5) is 0 Å². The molecule has 1 fully saturated rings. The lowest BCUT2D eigenvalue weighted by atomic mass is 10.0. The molecule has 0 amide bonds. The van der Waals surface area contributed by atoms with E-state index in [4.69, 9.17) is 0 Å². The molecule has 1 aliphatic heterocycles. The first-order valence-corrected chi connectivity index (χ1v) is 5.52. The highest BCUT2D eigenvalue weighted by molar-refractivity contribution is 5.20. The Morgan fingerprint density at radius 3 is 3.20 bits per heavy atom. The maximum absolute atomic E-state index is 4.41. The lowest BCUT2D eigenvalue weighted by molar-refractivity contribution is 0.237. The predicted molar refractivity (Wildman–Crippen MR) is 59.7 cm³/mol. The Morgan fingerprint density at radius 1 is 1.60 bits per heavy atom. The van der Waals surface area contributed by atoms with Gasteiger partial charge in [-0.15, -0.1) is 0 Å². The summed E-state index contributed by atoms with van der Waals surface area (Å²) in [6.07, 6.45) is 4.57. The van der Waals surface area contributed by atoms with E-state index in [-0.39, 0.29) is 0 Å². The number of likely N-dealkylation sites (N-methyl/N-ethyl adjacent to an activating group) is 1. The number of hydrogen-bond donors (Lipinski definition) is 1. The molecule has 15 heavy (non-hydrogen) atoms. The second-order valence-corrected chi connectivity index (χ2v) is 4.06. The van der Waals surface area contributed by atoms with Crippen molar-refractivity contribution < 1.29 is 0 Å². The van der Waals surface area contributed by atoms with E-state index < -0.39 is 0 Å². The molecule has 4 nitrogen and oxygen atoms in total. The second kappa shape index (κ2) is 4.68. The molecule has 1 unspecified atom stereocenters. The fraction of sp³-hybridized carbons (Fsp3) is 0.636. The fourth-order valence-corrected chi connectivity index (χ4v) is 2.03. The average Bonchev–Trinajstić information content (AvgIpc) is 2.29. The number of aryl methyl sites for hydroxylation is 1. The summed E-state index contributed by atoms with van der Waals surface area (Å²) in [7, 11) is 2.15. The van der Waals surface area contributed by atoms with E-state index >= 15 is 0 Å². The molecule has 1 aliphatic rings. The highest BCUT2D eigenvalue weighted by Crippen LogP contribution is 2.17. The summed E-state index contributed by atoms with van der Waals surface area (Å²) in [6.45, 7) is 5.33. The molecule has 2 rings (SSSR count). The van der Waals surface area contributed by atoms with Crippen LogP contribution in [0.5, 0.6) is 0 Å². The highest BCUT2D eigenvalue weighted by Gasteiger charge is 2.21. The zero-order valence-corrected chi connectivity index (χ0v) is 9.40. The molecule has 0 aromatic carbocycles. The molecule has 1 atom stereocenters. The van der Waals surface area contributed by atoms with E-state index in [2.05, 4.69) is 34.2 Å². The molecule has 82 valence electrons. The molecule has 1 aromatic rings. The summed E-state index contributed by atoms with van der Waals surface area (Å²) in [4.78, 5) is 10.8. The van der Waals surface area contributed by atoms with Gasteiger partial charge in [0.2, 0.25) is 0 Å². The molecule has 0 aliphatic carbocycles. The SMILES string of the molecule is CCc1cncnc1C1CN(C)CCN1. The monoisotopic (exact) mass is 206 g/mol. The van der Waals surface area contributed by atoms with Crippen molar-refractivity contribution in [2.24, 2.45) is 0 Å². The van der Waals surface area contributed by atoms with Crippen molar-refractivity contribution in [1.29, 1.82) is 0 Å². The zero-order valence-electron chi connectivity index (χ0n) is 9.40. The van der Waals surface area contributed by atoms with Gasteiger partial charge in [0.1, 0.15) is 6.33 Å². The van der Waals surface area contributed by atoms with Crippen LogP contribution in [0.3, 0.4) is 0 Å². The second-order valence-electron chi connectivity index (χ2n) is 4.06. The number of nitrogens with zero attached hydrogens (tertiary/aromatic N) is 3. The Hall–Kier alpha value is -1.00. The fourth-order valence-electron chi connectivity index (χ4n) is 2.03. The Labute approximate surface area is 90.7 Å². The van der Waals surface area contributed by atoms with Crippen LogP contribution in [0.25, 0.3) is 0 Å². The summed E-state index contributed by atoms with van der Waals surface area (Å²) in [5.41, 5.74) is 2.42. The Kier molecular flexibility index (Phi) is 3.28. The summed E-state index contributed by atoms with van der Waals surface area (Å²) in [5, 5.41) is 3.51. The molecule has 1 N–H and O–H groups in total. The molecular weight excluding hydrogens is 188 g/mol. The van der Waals surface area contributed by atoms with Crippen LogP contribution in [0.1, 0.15) is 24.2 Å². The van der Waals surface area contributed by atoms with Crippen LogP contribution in [-0.4, -0.2) is 41.5 Å². The number of aromatic nitrogens is 2. The lowest BCUT2D eigenvalue weighted by Crippen LogP contribution is -2.44. The third-order valence-corrected chi connectivity index (χ3v) is 2.91. The topological polar surface area (TPSA) is 41.1 Å². The van der Waals surface area contributed by atoms with Gasteiger partial charge < -0.3 is 10.2 Å². The van der Waals surface area contributed by atoms with Crippen molar-refractivity contribution in [2.75, 3.05) is 26.7 Å². The summed E-state index contributed by atoms with van der Waals surface area (Å²) in [6, 6.07) is 0.363. The van der Waals surface area contributed by atoms with Crippen LogP contribution in [0.15, 0.2) is 12.5 Å². The van der Waals surface area contributed by atoms with Gasteiger partial charge in [-0.3, -0.25) is 0 Å². The molecule has 0 saturated carbocycles. The Bertz CT molecular complexity index is 326. The van der Waals surface area contributed by atoms with Gasteiger partial charge in [0, 0.05) is 25.8 Å². The molecular formula is C11H18N4. The third-order valence-electron chi connectivity index (χ3n) is 2.91. The van der Waals surface area contributed by atoms with Gasteiger partial charge in [-0.1, -0.05) is 6.92 Å². The van der Waals surface area contributed by atoms with E-state index in [0.29, 0.717) is 6.04 Å². The Morgan fingerprint density at radius 2 is 2.47 bits per heavy atom. The predicted octanol–water partition coefficient (Wildman–Crippen LogP) is 0.615. The van der Waals surface area contributed by atoms with Gasteiger partial charge in [0.15, 0.2) is 0 Å². The maximum atomic E-state index is 4.41. The van der Waals surface area contributed by atoms with Crippen LogP contribution in [-0.2, 0) is 6.42 Å². The highest BCUT2D eigenvalue weighted by atomic mass is 15.2. The minimum absolute atomic E-state index is 0.363. The van der Waals surface area contributed by atoms with Gasteiger partial charge in [-0.2, -0.15) is 0 Å². The van der Waals surface area contributed by atoms with Gasteiger partial charge in [-0.25, -0.2) is 9.97 Å². The van der Waals surface area contributed by atoms with E-state index in [1.54, 1.807) is 6.33 Å². The maximum Gasteiger partial charge on any atom is 0.115 e. The van der Waals surface area contributed by atoms with Crippen molar-refractivity contribution in [3.63, 3.8) is 0 Å². The lowest BCUT2D eigenvalue weighted by Gasteiger charge is -2.31. The molecule has 2 heterocycles. The summed E-state index contributed by atoms with van der Waals surface area (Å²) < 4.78 is 0. The Balaban J connectivity index is 2.20. The minimum Gasteiger partial charge on any atom is -0.306 e. The van der Waals surface area contributed by atoms with Gasteiger partial charge in [0.05, 0.1) is 11.7 Å². The van der Waals surface area contributed by atoms with Crippen molar-refractivity contribution in [2.45, 2.75) is 19.4 Å². The molecule has 1 aromatic heterocycles. The zero-order chi connectivity index (χ0) is 10.7. The van der Waals surface area contributed by atoms with Gasteiger partial charge >= 0.3 is 0 Å². The summed E-state index contributed by atoms with van der Waals surface area (Å²) >= 11 is 0. The summed E-state index contributed by atoms with van der Waals surface area (Å²) in [5.74, 6) is 0. The molecule has 0 spiro atoms. The van der Waals surface area contributed by atoms with E-state index in [0.717, 1.165) is 26.1 Å². The van der Waals surface area contributed by atoms with Crippen molar-refractivity contribution in [3.8, 4) is 0 Å². The van der Waals surface area contributed by atoms with Crippen LogP contribution in [0, 0.1) is 0 Å². The minimum atomic E-state index is 0.363. The van der Waals surface area contributed by atoms with Crippen LogP contribution >= 0.6 is 0 Å². The number of piperazine rings is 1. The number of rotatable bonds is 2. The van der Waals surface area contributed by atoms with Crippen molar-refractivity contribution >= 4 is 0 Å². The van der Waals surface area contributed by atoms with E-state index in [9.17, 15) is 0 Å². The molecule has 0 radical (unpaired) electrons.